The van der Waals surface area contributed by atoms with Gasteiger partial charge in [0.1, 0.15) is 11.2 Å². The average molecular weight is 896 g/mol. The number of hydrogen-bond acceptors (Lipinski definition) is 5. The zero-order chi connectivity index (χ0) is 45.2. The molecule has 0 aliphatic heterocycles. The van der Waals surface area contributed by atoms with Gasteiger partial charge in [0.25, 0.3) is 0 Å². The highest BCUT2D eigenvalue weighted by Gasteiger charge is 2.52. The van der Waals surface area contributed by atoms with Crippen molar-refractivity contribution in [2.75, 3.05) is 0 Å². The highest BCUT2D eigenvalue weighted by Crippen LogP contribution is 2.64. The third-order valence-electron chi connectivity index (χ3n) is 14.6. The van der Waals surface area contributed by atoms with Gasteiger partial charge in [0.2, 0.25) is 0 Å². The van der Waals surface area contributed by atoms with Crippen molar-refractivity contribution in [3.05, 3.63) is 247 Å². The molecule has 5 heteroatoms. The van der Waals surface area contributed by atoms with Crippen LogP contribution in [0.2, 0.25) is 0 Å². The number of hydrogen-bond donors (Lipinski definition) is 0. The van der Waals surface area contributed by atoms with Gasteiger partial charge in [0.15, 0.2) is 17.5 Å². The number of fused-ring (bicyclic) bond motifs is 16. The topological polar surface area (TPSA) is 51.8 Å². The zero-order valence-electron chi connectivity index (χ0n) is 37.0. The van der Waals surface area contributed by atoms with Gasteiger partial charge >= 0.3 is 0 Å². The summed E-state index contributed by atoms with van der Waals surface area (Å²) in [5, 5.41) is 4.35. The number of furan rings is 1. The van der Waals surface area contributed by atoms with Crippen molar-refractivity contribution in [2.24, 2.45) is 0 Å². The molecule has 15 rings (SSSR count). The van der Waals surface area contributed by atoms with Crippen molar-refractivity contribution < 1.29 is 4.42 Å². The monoisotopic (exact) mass is 895 g/mol. The highest BCUT2D eigenvalue weighted by molar-refractivity contribution is 7.25. The summed E-state index contributed by atoms with van der Waals surface area (Å²) in [4.78, 5) is 15.7. The Morgan fingerprint density at radius 2 is 0.855 bits per heavy atom. The number of nitrogens with zero attached hydrogens (tertiary/aromatic N) is 3. The molecule has 0 radical (unpaired) electrons. The average Bonchev–Trinajstić information content (AvgIpc) is 4.16. The van der Waals surface area contributed by atoms with E-state index < -0.39 is 0 Å². The lowest BCUT2D eigenvalue weighted by Crippen LogP contribution is -2.25. The van der Waals surface area contributed by atoms with E-state index in [1.807, 2.05) is 30.3 Å². The minimum Gasteiger partial charge on any atom is -0.456 e. The van der Waals surface area contributed by atoms with Gasteiger partial charge in [0.05, 0.1) is 5.41 Å². The number of thiophene rings is 1. The maximum absolute atomic E-state index is 6.59. The highest BCUT2D eigenvalue weighted by atomic mass is 32.1. The molecular weight excluding hydrogens is 859 g/mol. The van der Waals surface area contributed by atoms with Crippen LogP contribution < -0.4 is 0 Å². The molecule has 13 aromatic rings. The molecule has 0 bridgehead atoms. The summed E-state index contributed by atoms with van der Waals surface area (Å²) in [7, 11) is 0. The fourth-order valence-electron chi connectivity index (χ4n) is 11.7. The predicted octanol–water partition coefficient (Wildman–Crippen LogP) is 16.8. The molecule has 4 nitrogen and oxygen atoms in total. The van der Waals surface area contributed by atoms with Crippen LogP contribution in [0.25, 0.3) is 121 Å². The Morgan fingerprint density at radius 1 is 0.319 bits per heavy atom. The van der Waals surface area contributed by atoms with Gasteiger partial charge in [0, 0.05) is 47.6 Å². The summed E-state index contributed by atoms with van der Waals surface area (Å²) < 4.78 is 9.03. The molecule has 69 heavy (non-hydrogen) atoms. The lowest BCUT2D eigenvalue weighted by molar-refractivity contribution is 0.669. The Kier molecular flexibility index (Phi) is 8.12. The molecule has 0 N–H and O–H groups in total. The Hall–Kier alpha value is -8.77. The molecule has 3 heterocycles. The Balaban J connectivity index is 0.859. The smallest absolute Gasteiger partial charge is 0.164 e. The summed E-state index contributed by atoms with van der Waals surface area (Å²) in [6.07, 6.45) is 0. The number of benzene rings is 10. The van der Waals surface area contributed by atoms with Gasteiger partial charge < -0.3 is 4.42 Å². The lowest BCUT2D eigenvalue weighted by atomic mass is 9.70. The van der Waals surface area contributed by atoms with Crippen LogP contribution in [0.4, 0.5) is 0 Å². The minimum absolute atomic E-state index is 0.379. The second-order valence-electron chi connectivity index (χ2n) is 18.1. The molecule has 10 aromatic carbocycles. The predicted molar refractivity (Wildman–Crippen MR) is 283 cm³/mol. The Labute approximate surface area is 401 Å². The molecule has 0 unspecified atom stereocenters. The van der Waals surface area contributed by atoms with Crippen molar-refractivity contribution >= 4 is 53.4 Å². The first-order valence-corrected chi connectivity index (χ1v) is 24.2. The van der Waals surface area contributed by atoms with Crippen LogP contribution in [-0.2, 0) is 5.41 Å². The number of aromatic nitrogens is 3. The van der Waals surface area contributed by atoms with Gasteiger partial charge in [-0.1, -0.05) is 194 Å². The molecule has 2 aliphatic rings. The maximum Gasteiger partial charge on any atom is 0.164 e. The van der Waals surface area contributed by atoms with E-state index in [0.717, 1.165) is 55.1 Å². The second kappa shape index (κ2) is 14.6. The van der Waals surface area contributed by atoms with Gasteiger partial charge in [-0.2, -0.15) is 0 Å². The first kappa shape index (κ1) is 38.3. The molecule has 320 valence electrons. The van der Waals surface area contributed by atoms with Crippen LogP contribution in [0.3, 0.4) is 0 Å². The van der Waals surface area contributed by atoms with Gasteiger partial charge in [-0.3, -0.25) is 0 Å². The molecule has 0 amide bonds. The van der Waals surface area contributed by atoms with Crippen LogP contribution in [-0.4, -0.2) is 15.0 Å². The van der Waals surface area contributed by atoms with E-state index in [1.165, 1.54) is 70.4 Å². The van der Waals surface area contributed by atoms with E-state index in [1.54, 1.807) is 11.3 Å². The summed E-state index contributed by atoms with van der Waals surface area (Å²) in [6.45, 7) is 0. The van der Waals surface area contributed by atoms with E-state index in [2.05, 4.69) is 194 Å². The molecule has 2 aliphatic carbocycles. The molecule has 0 saturated carbocycles. The lowest BCUT2D eigenvalue weighted by Gasteiger charge is -2.30. The molecule has 1 spiro atoms. The summed E-state index contributed by atoms with van der Waals surface area (Å²) >= 11 is 1.79. The normalized spacial score (nSPS) is 13.0. The summed E-state index contributed by atoms with van der Waals surface area (Å²) in [5.74, 6) is 1.86. The van der Waals surface area contributed by atoms with E-state index in [-0.39, 0.29) is 5.41 Å². The first-order chi connectivity index (χ1) is 34.2. The van der Waals surface area contributed by atoms with Crippen molar-refractivity contribution in [3.8, 4) is 78.7 Å². The first-order valence-electron chi connectivity index (χ1n) is 23.4. The molecule has 0 saturated heterocycles. The summed E-state index contributed by atoms with van der Waals surface area (Å²) in [6, 6.07) is 80.9. The zero-order valence-corrected chi connectivity index (χ0v) is 37.8. The Morgan fingerprint density at radius 3 is 1.62 bits per heavy atom. The molecular formula is C64H37N3OS. The van der Waals surface area contributed by atoms with E-state index in [4.69, 9.17) is 19.4 Å². The van der Waals surface area contributed by atoms with E-state index >= 15 is 0 Å². The largest absolute Gasteiger partial charge is 0.456 e. The molecule has 0 atom stereocenters. The van der Waals surface area contributed by atoms with Crippen LogP contribution in [0, 0.1) is 0 Å². The van der Waals surface area contributed by atoms with Crippen LogP contribution >= 0.6 is 11.3 Å². The number of rotatable bonds is 5. The van der Waals surface area contributed by atoms with Crippen LogP contribution in [0.1, 0.15) is 22.3 Å². The van der Waals surface area contributed by atoms with Gasteiger partial charge in [-0.15, -0.1) is 11.3 Å². The molecule has 3 aromatic heterocycles. The van der Waals surface area contributed by atoms with Gasteiger partial charge in [-0.25, -0.2) is 15.0 Å². The van der Waals surface area contributed by atoms with Crippen LogP contribution in [0.15, 0.2) is 229 Å². The summed E-state index contributed by atoms with van der Waals surface area (Å²) in [5.41, 5.74) is 19.3. The van der Waals surface area contributed by atoms with Crippen molar-refractivity contribution in [3.63, 3.8) is 0 Å². The SMILES string of the molecule is c1ccc(-c2nc(-c3cccc4oc5ccc(-c6ccc(-c7cccc8c7-c7ccccc7C87c8ccccc8-c8ccccc87)cc6)cc5c34)nc(-c3cccc4sc5ccccc5c34)n2)cc1. The standard InChI is InChI=1S/C64H37N3OS/c1-2-15-40(16-3-1)61-65-62(67-63(66-61)48-23-14-30-57-60(48)46-20-7-11-29-56(46)69-57)47-22-13-28-55-59(47)49-37-41(35-36-54(49)68-55)38-31-33-39(34-32-38)42-21-12-27-53-58(42)45-19-6-10-26-52(45)64(53)50-24-8-4-17-43(50)44-18-5-9-25-51(44)64/h1-37H. The molecule has 0 fully saturated rings. The quantitative estimate of drug-likeness (QED) is 0.173. The van der Waals surface area contributed by atoms with E-state index in [9.17, 15) is 0 Å². The fraction of sp³-hybridized carbons (Fsp3) is 0.0156. The Bertz CT molecular complexity index is 4220. The minimum atomic E-state index is -0.379. The third kappa shape index (κ3) is 5.48. The van der Waals surface area contributed by atoms with Crippen molar-refractivity contribution in [2.45, 2.75) is 5.41 Å². The third-order valence-corrected chi connectivity index (χ3v) is 15.7. The second-order valence-corrected chi connectivity index (χ2v) is 19.2. The van der Waals surface area contributed by atoms with Crippen LogP contribution in [0.5, 0.6) is 0 Å². The van der Waals surface area contributed by atoms with Crippen molar-refractivity contribution in [1.82, 2.24) is 15.0 Å². The fourth-order valence-corrected chi connectivity index (χ4v) is 12.8. The van der Waals surface area contributed by atoms with Crippen molar-refractivity contribution in [1.29, 1.82) is 0 Å². The van der Waals surface area contributed by atoms with E-state index in [0.29, 0.717) is 17.5 Å². The maximum atomic E-state index is 6.59. The van der Waals surface area contributed by atoms with Gasteiger partial charge in [-0.05, 0) is 97.1 Å².